The number of rotatable bonds is 3. The fraction of sp³-hybridized carbons (Fsp3) is 0.263. The Morgan fingerprint density at radius 3 is 2.88 bits per heavy atom. The van der Waals surface area contributed by atoms with Gasteiger partial charge >= 0.3 is 0 Å². The fourth-order valence-electron chi connectivity index (χ4n) is 3.18. The van der Waals surface area contributed by atoms with Crippen molar-refractivity contribution in [3.63, 3.8) is 0 Å². The highest BCUT2D eigenvalue weighted by molar-refractivity contribution is 5.97. The van der Waals surface area contributed by atoms with Gasteiger partial charge in [-0.25, -0.2) is 0 Å². The zero-order chi connectivity index (χ0) is 16.5. The number of ether oxygens (including phenoxy) is 1. The van der Waals surface area contributed by atoms with Crippen LogP contribution in [0.5, 0.6) is 5.75 Å². The summed E-state index contributed by atoms with van der Waals surface area (Å²) in [5, 5.41) is 5.60. The quantitative estimate of drug-likeness (QED) is 0.911. The first-order valence-electron chi connectivity index (χ1n) is 8.13. The van der Waals surface area contributed by atoms with Crippen LogP contribution in [0, 0.1) is 5.92 Å². The van der Waals surface area contributed by atoms with Gasteiger partial charge in [-0.05, 0) is 41.0 Å². The lowest BCUT2D eigenvalue weighted by Gasteiger charge is -2.11. The Morgan fingerprint density at radius 1 is 1.17 bits per heavy atom. The molecule has 1 atom stereocenters. The minimum Gasteiger partial charge on any atom is -0.493 e. The van der Waals surface area contributed by atoms with E-state index in [9.17, 15) is 9.59 Å². The molecule has 122 valence electrons. The van der Waals surface area contributed by atoms with E-state index in [4.69, 9.17) is 4.74 Å². The lowest BCUT2D eigenvalue weighted by atomic mass is 10.0. The van der Waals surface area contributed by atoms with Crippen LogP contribution in [0.2, 0.25) is 0 Å². The SMILES string of the molecule is O=C1CC(C(=O)Nc2cccc(-c3ccc4c(c3)CCO4)c2)CN1. The van der Waals surface area contributed by atoms with Gasteiger partial charge in [0.2, 0.25) is 11.8 Å². The molecule has 0 bridgehead atoms. The third-order valence-electron chi connectivity index (χ3n) is 4.50. The summed E-state index contributed by atoms with van der Waals surface area (Å²) in [6.45, 7) is 1.15. The number of carbonyl (C=O) groups excluding carboxylic acids is 2. The van der Waals surface area contributed by atoms with Crippen LogP contribution in [0.1, 0.15) is 12.0 Å². The van der Waals surface area contributed by atoms with E-state index in [1.165, 1.54) is 5.56 Å². The molecule has 1 fully saturated rings. The molecule has 2 amide bonds. The van der Waals surface area contributed by atoms with Gasteiger partial charge in [0.05, 0.1) is 12.5 Å². The number of nitrogens with one attached hydrogen (secondary N) is 2. The molecule has 2 aromatic carbocycles. The highest BCUT2D eigenvalue weighted by Crippen LogP contribution is 2.31. The van der Waals surface area contributed by atoms with Crippen molar-refractivity contribution in [1.82, 2.24) is 5.32 Å². The summed E-state index contributed by atoms with van der Waals surface area (Å²) in [7, 11) is 0. The van der Waals surface area contributed by atoms with Crippen molar-refractivity contribution in [2.45, 2.75) is 12.8 Å². The Balaban J connectivity index is 1.53. The summed E-state index contributed by atoms with van der Waals surface area (Å²) in [5.41, 5.74) is 4.11. The van der Waals surface area contributed by atoms with E-state index in [2.05, 4.69) is 16.7 Å². The number of hydrogen-bond donors (Lipinski definition) is 2. The lowest BCUT2D eigenvalue weighted by molar-refractivity contribution is -0.123. The van der Waals surface area contributed by atoms with Gasteiger partial charge in [0.1, 0.15) is 5.75 Å². The number of fused-ring (bicyclic) bond motifs is 1. The Bertz CT molecular complexity index is 816. The van der Waals surface area contributed by atoms with E-state index in [0.29, 0.717) is 6.54 Å². The van der Waals surface area contributed by atoms with Crippen molar-refractivity contribution in [1.29, 1.82) is 0 Å². The smallest absolute Gasteiger partial charge is 0.229 e. The molecule has 4 rings (SSSR count). The van der Waals surface area contributed by atoms with Gasteiger partial charge in [-0.1, -0.05) is 18.2 Å². The highest BCUT2D eigenvalue weighted by atomic mass is 16.5. The predicted molar refractivity (Wildman–Crippen MR) is 90.8 cm³/mol. The maximum absolute atomic E-state index is 12.2. The topological polar surface area (TPSA) is 67.4 Å². The maximum Gasteiger partial charge on any atom is 0.229 e. The van der Waals surface area contributed by atoms with Crippen molar-refractivity contribution in [2.75, 3.05) is 18.5 Å². The van der Waals surface area contributed by atoms with E-state index in [1.807, 2.05) is 36.4 Å². The van der Waals surface area contributed by atoms with Crippen LogP contribution in [0.15, 0.2) is 42.5 Å². The number of carbonyl (C=O) groups is 2. The molecule has 0 aliphatic carbocycles. The molecule has 1 unspecified atom stereocenters. The molecule has 0 spiro atoms. The van der Waals surface area contributed by atoms with Crippen LogP contribution in [0.25, 0.3) is 11.1 Å². The lowest BCUT2D eigenvalue weighted by Crippen LogP contribution is -2.24. The van der Waals surface area contributed by atoms with Gasteiger partial charge < -0.3 is 15.4 Å². The zero-order valence-electron chi connectivity index (χ0n) is 13.2. The second-order valence-electron chi connectivity index (χ2n) is 6.20. The molecule has 2 aliphatic rings. The van der Waals surface area contributed by atoms with Crippen LogP contribution in [-0.2, 0) is 16.0 Å². The van der Waals surface area contributed by atoms with Gasteiger partial charge in [-0.3, -0.25) is 9.59 Å². The Hall–Kier alpha value is -2.82. The van der Waals surface area contributed by atoms with Gasteiger partial charge in [0.15, 0.2) is 0 Å². The van der Waals surface area contributed by atoms with Gasteiger partial charge in [-0.2, -0.15) is 0 Å². The van der Waals surface area contributed by atoms with E-state index >= 15 is 0 Å². The van der Waals surface area contributed by atoms with Crippen molar-refractivity contribution in [3.05, 3.63) is 48.0 Å². The second-order valence-corrected chi connectivity index (χ2v) is 6.20. The first-order valence-corrected chi connectivity index (χ1v) is 8.13. The van der Waals surface area contributed by atoms with Crippen molar-refractivity contribution in [3.8, 4) is 16.9 Å². The van der Waals surface area contributed by atoms with E-state index < -0.39 is 0 Å². The molecule has 5 nitrogen and oxygen atoms in total. The summed E-state index contributed by atoms with van der Waals surface area (Å²) in [6, 6.07) is 13.9. The maximum atomic E-state index is 12.2. The van der Waals surface area contributed by atoms with Gasteiger partial charge in [0.25, 0.3) is 0 Å². The van der Waals surface area contributed by atoms with Crippen LogP contribution in [-0.4, -0.2) is 25.0 Å². The van der Waals surface area contributed by atoms with Crippen molar-refractivity contribution in [2.24, 2.45) is 5.92 Å². The number of benzene rings is 2. The average molecular weight is 322 g/mol. The number of amides is 2. The predicted octanol–water partition coefficient (Wildman–Crippen LogP) is 2.36. The van der Waals surface area contributed by atoms with E-state index in [0.717, 1.165) is 35.6 Å². The molecular weight excluding hydrogens is 304 g/mol. The average Bonchev–Trinajstić information content (AvgIpc) is 3.23. The zero-order valence-corrected chi connectivity index (χ0v) is 13.2. The minimum atomic E-state index is -0.293. The van der Waals surface area contributed by atoms with Crippen molar-refractivity contribution >= 4 is 17.5 Å². The minimum absolute atomic E-state index is 0.0655. The standard InChI is InChI=1S/C19H18N2O3/c22-18-10-15(11-20-18)19(23)21-16-3-1-2-12(9-16)13-4-5-17-14(8-13)6-7-24-17/h1-5,8-9,15H,6-7,10-11H2,(H,20,22)(H,21,23). The molecule has 2 aliphatic heterocycles. The molecule has 2 aromatic rings. The Labute approximate surface area is 140 Å². The molecular formula is C19H18N2O3. The molecule has 0 aromatic heterocycles. The molecule has 2 heterocycles. The second kappa shape index (κ2) is 6.00. The van der Waals surface area contributed by atoms with E-state index in [1.54, 1.807) is 0 Å². The Morgan fingerprint density at radius 2 is 2.04 bits per heavy atom. The van der Waals surface area contributed by atoms with Gasteiger partial charge in [0, 0.05) is 25.1 Å². The molecule has 0 saturated carbocycles. The summed E-state index contributed by atoms with van der Waals surface area (Å²) in [5.74, 6) is 0.483. The summed E-state index contributed by atoms with van der Waals surface area (Å²) in [6.07, 6.45) is 1.19. The molecule has 24 heavy (non-hydrogen) atoms. The number of hydrogen-bond acceptors (Lipinski definition) is 3. The van der Waals surface area contributed by atoms with Gasteiger partial charge in [-0.15, -0.1) is 0 Å². The summed E-state index contributed by atoms with van der Waals surface area (Å²) >= 11 is 0. The first-order chi connectivity index (χ1) is 11.7. The largest absolute Gasteiger partial charge is 0.493 e. The number of anilines is 1. The molecule has 0 radical (unpaired) electrons. The van der Waals surface area contributed by atoms with Crippen LogP contribution >= 0.6 is 0 Å². The van der Waals surface area contributed by atoms with Crippen molar-refractivity contribution < 1.29 is 14.3 Å². The molecule has 1 saturated heterocycles. The monoisotopic (exact) mass is 322 g/mol. The fourth-order valence-corrected chi connectivity index (χ4v) is 3.18. The van der Waals surface area contributed by atoms with E-state index in [-0.39, 0.29) is 24.2 Å². The van der Waals surface area contributed by atoms with Crippen LogP contribution in [0.3, 0.4) is 0 Å². The third-order valence-corrected chi connectivity index (χ3v) is 4.50. The molecule has 5 heteroatoms. The normalized spacial score (nSPS) is 18.7. The highest BCUT2D eigenvalue weighted by Gasteiger charge is 2.27. The first kappa shape index (κ1) is 14.8. The molecule has 2 N–H and O–H groups in total. The van der Waals surface area contributed by atoms with Crippen LogP contribution < -0.4 is 15.4 Å². The third kappa shape index (κ3) is 2.85. The Kier molecular flexibility index (Phi) is 3.69. The van der Waals surface area contributed by atoms with Crippen LogP contribution in [0.4, 0.5) is 5.69 Å². The summed E-state index contributed by atoms with van der Waals surface area (Å²) in [4.78, 5) is 23.5. The summed E-state index contributed by atoms with van der Waals surface area (Å²) < 4.78 is 5.54.